The lowest BCUT2D eigenvalue weighted by Crippen LogP contribution is -2.53. The van der Waals surface area contributed by atoms with Gasteiger partial charge in [0.25, 0.3) is 5.91 Å². The number of ether oxygens (including phenoxy) is 1. The lowest BCUT2D eigenvalue weighted by atomic mass is 9.99. The van der Waals surface area contributed by atoms with Crippen LogP contribution in [0.4, 0.5) is 4.39 Å². The van der Waals surface area contributed by atoms with Crippen LogP contribution in [0.3, 0.4) is 0 Å². The molecule has 2 amide bonds. The summed E-state index contributed by atoms with van der Waals surface area (Å²) in [7, 11) is 0. The van der Waals surface area contributed by atoms with Gasteiger partial charge in [0.15, 0.2) is 0 Å². The van der Waals surface area contributed by atoms with Crippen LogP contribution in [0.25, 0.3) is 0 Å². The van der Waals surface area contributed by atoms with Gasteiger partial charge in [-0.2, -0.15) is 0 Å². The van der Waals surface area contributed by atoms with Crippen LogP contribution in [0.1, 0.15) is 47.6 Å². The van der Waals surface area contributed by atoms with Gasteiger partial charge in [-0.3, -0.25) is 9.59 Å². The highest BCUT2D eigenvalue weighted by atomic mass is 35.5. The molecule has 0 unspecified atom stereocenters. The third-order valence-corrected chi connectivity index (χ3v) is 7.34. The molecule has 1 aliphatic rings. The minimum atomic E-state index is -0.687. The molecule has 1 aromatic heterocycles. The van der Waals surface area contributed by atoms with Gasteiger partial charge in [0.05, 0.1) is 11.6 Å². The van der Waals surface area contributed by atoms with Crippen LogP contribution in [0, 0.1) is 5.82 Å². The second-order valence-electron chi connectivity index (χ2n) is 9.46. The monoisotopic (exact) mass is 514 g/mol. The number of thiophene rings is 1. The van der Waals surface area contributed by atoms with E-state index < -0.39 is 17.3 Å². The molecular weight excluding hydrogens is 487 g/mol. The molecular formula is C27H28ClFN2O3S. The van der Waals surface area contributed by atoms with Gasteiger partial charge < -0.3 is 14.5 Å². The number of amides is 2. The largest absolute Gasteiger partial charge is 0.491 e. The number of fused-ring (bicyclic) bond motifs is 1. The average molecular weight is 515 g/mol. The number of hydrogen-bond donors (Lipinski definition) is 0. The normalized spacial score (nSPS) is 15.5. The molecule has 5 nitrogen and oxygen atoms in total. The first kappa shape index (κ1) is 25.2. The Morgan fingerprint density at radius 1 is 1.14 bits per heavy atom. The molecule has 0 aliphatic carbocycles. The molecule has 184 valence electrons. The first-order valence-corrected chi connectivity index (χ1v) is 12.7. The summed E-state index contributed by atoms with van der Waals surface area (Å²) in [6.45, 7) is 6.16. The predicted octanol–water partition coefficient (Wildman–Crippen LogP) is 5.99. The predicted molar refractivity (Wildman–Crippen MR) is 137 cm³/mol. The highest BCUT2D eigenvalue weighted by molar-refractivity contribution is 7.10. The zero-order valence-corrected chi connectivity index (χ0v) is 21.5. The van der Waals surface area contributed by atoms with E-state index in [9.17, 15) is 14.0 Å². The summed E-state index contributed by atoms with van der Waals surface area (Å²) in [6, 6.07) is 14.7. The summed E-state index contributed by atoms with van der Waals surface area (Å²) in [4.78, 5) is 31.4. The van der Waals surface area contributed by atoms with Crippen molar-refractivity contribution >= 4 is 34.8 Å². The molecule has 0 saturated heterocycles. The zero-order chi connectivity index (χ0) is 25.2. The van der Waals surface area contributed by atoms with Crippen LogP contribution in [0.2, 0.25) is 5.02 Å². The Kier molecular flexibility index (Phi) is 7.47. The molecule has 8 heteroatoms. The Labute approximate surface area is 214 Å². The number of hydrogen-bond acceptors (Lipinski definition) is 4. The molecule has 2 heterocycles. The van der Waals surface area contributed by atoms with E-state index >= 15 is 0 Å². The number of rotatable bonds is 6. The number of nitrogens with zero attached hydrogens (tertiary/aromatic N) is 2. The number of carbonyl (C=O) groups is 2. The van der Waals surface area contributed by atoms with Crippen LogP contribution in [0.15, 0.2) is 60.0 Å². The van der Waals surface area contributed by atoms with Crippen molar-refractivity contribution in [3.8, 4) is 5.75 Å². The van der Waals surface area contributed by atoms with Gasteiger partial charge in [0, 0.05) is 22.0 Å². The topological polar surface area (TPSA) is 49.9 Å². The molecule has 0 spiro atoms. The van der Waals surface area contributed by atoms with Gasteiger partial charge in [-0.1, -0.05) is 23.7 Å². The van der Waals surface area contributed by atoms with E-state index in [2.05, 4.69) is 0 Å². The SMILES string of the molecule is CC(C)(C)N(CC(=O)N1CCc2sccc2[C@@H]1COc1ccc(Cl)cc1)C(=O)c1ccccc1F. The number of benzene rings is 2. The molecule has 0 saturated carbocycles. The fraction of sp³-hybridized carbons (Fsp3) is 0.333. The average Bonchev–Trinajstić information content (AvgIpc) is 3.30. The van der Waals surface area contributed by atoms with E-state index in [0.29, 0.717) is 17.3 Å². The van der Waals surface area contributed by atoms with Gasteiger partial charge in [-0.15, -0.1) is 11.3 Å². The number of halogens is 2. The van der Waals surface area contributed by atoms with Crippen LogP contribution in [-0.4, -0.2) is 46.8 Å². The molecule has 1 aliphatic heterocycles. The molecule has 3 aromatic rings. The number of carbonyl (C=O) groups excluding carboxylic acids is 2. The minimum absolute atomic E-state index is 0.0448. The lowest BCUT2D eigenvalue weighted by molar-refractivity contribution is -0.136. The fourth-order valence-electron chi connectivity index (χ4n) is 4.20. The third-order valence-electron chi connectivity index (χ3n) is 6.09. The summed E-state index contributed by atoms with van der Waals surface area (Å²) >= 11 is 7.65. The minimum Gasteiger partial charge on any atom is -0.491 e. The molecule has 35 heavy (non-hydrogen) atoms. The van der Waals surface area contributed by atoms with Crippen molar-refractivity contribution < 1.29 is 18.7 Å². The third kappa shape index (κ3) is 5.68. The Morgan fingerprint density at radius 3 is 2.54 bits per heavy atom. The van der Waals surface area contributed by atoms with E-state index in [0.717, 1.165) is 12.0 Å². The maximum atomic E-state index is 14.4. The second kappa shape index (κ2) is 10.4. The summed E-state index contributed by atoms with van der Waals surface area (Å²) in [5, 5.41) is 2.64. The molecule has 0 N–H and O–H groups in total. The van der Waals surface area contributed by atoms with E-state index in [4.69, 9.17) is 16.3 Å². The summed E-state index contributed by atoms with van der Waals surface area (Å²) in [5.74, 6) is -0.651. The van der Waals surface area contributed by atoms with Gasteiger partial charge in [-0.25, -0.2) is 4.39 Å². The van der Waals surface area contributed by atoms with Crippen molar-refractivity contribution in [2.75, 3.05) is 19.7 Å². The quantitative estimate of drug-likeness (QED) is 0.406. The van der Waals surface area contributed by atoms with Crippen molar-refractivity contribution in [2.45, 2.75) is 38.8 Å². The van der Waals surface area contributed by atoms with E-state index in [-0.39, 0.29) is 30.7 Å². The van der Waals surface area contributed by atoms with Crippen molar-refractivity contribution in [1.29, 1.82) is 0 Å². The first-order chi connectivity index (χ1) is 16.6. The van der Waals surface area contributed by atoms with Crippen molar-refractivity contribution in [3.63, 3.8) is 0 Å². The van der Waals surface area contributed by atoms with E-state index in [1.807, 2.05) is 32.2 Å². The van der Waals surface area contributed by atoms with Gasteiger partial charge in [-0.05, 0) is 80.6 Å². The standard InChI is InChI=1S/C27H28ClFN2O3S/c1-27(2,3)31(26(33)20-6-4-5-7-22(20)29)16-25(32)30-14-12-24-21(13-15-35-24)23(30)17-34-19-10-8-18(28)9-11-19/h4-11,13,15,23H,12,14,16-17H2,1-3H3/t23-/m0/s1. The molecule has 2 aromatic carbocycles. The molecule has 0 radical (unpaired) electrons. The summed E-state index contributed by atoms with van der Waals surface area (Å²) < 4.78 is 20.4. The Balaban J connectivity index is 1.57. The maximum Gasteiger partial charge on any atom is 0.257 e. The Hall–Kier alpha value is -2.90. The smallest absolute Gasteiger partial charge is 0.257 e. The first-order valence-electron chi connectivity index (χ1n) is 11.5. The van der Waals surface area contributed by atoms with Crippen LogP contribution in [-0.2, 0) is 11.2 Å². The fourth-order valence-corrected chi connectivity index (χ4v) is 5.25. The van der Waals surface area contributed by atoms with Gasteiger partial charge in [0.2, 0.25) is 5.91 Å². The zero-order valence-electron chi connectivity index (χ0n) is 20.0. The van der Waals surface area contributed by atoms with Gasteiger partial charge >= 0.3 is 0 Å². The molecule has 1 atom stereocenters. The Morgan fingerprint density at radius 2 is 1.86 bits per heavy atom. The van der Waals surface area contributed by atoms with Gasteiger partial charge in [0.1, 0.15) is 24.7 Å². The molecule has 4 rings (SSSR count). The molecule has 0 fully saturated rings. The second-order valence-corrected chi connectivity index (χ2v) is 10.9. The summed E-state index contributed by atoms with van der Waals surface area (Å²) in [5.41, 5.74) is 0.330. The Bertz CT molecular complexity index is 1210. The van der Waals surface area contributed by atoms with Crippen LogP contribution >= 0.6 is 22.9 Å². The lowest BCUT2D eigenvalue weighted by Gasteiger charge is -2.40. The van der Waals surface area contributed by atoms with Crippen LogP contribution < -0.4 is 4.74 Å². The highest BCUT2D eigenvalue weighted by Crippen LogP contribution is 2.34. The maximum absolute atomic E-state index is 14.4. The van der Waals surface area contributed by atoms with Crippen LogP contribution in [0.5, 0.6) is 5.75 Å². The van der Waals surface area contributed by atoms with Crippen molar-refractivity contribution in [2.24, 2.45) is 0 Å². The van der Waals surface area contributed by atoms with E-state index in [1.54, 1.807) is 46.6 Å². The summed E-state index contributed by atoms with van der Waals surface area (Å²) in [6.07, 6.45) is 0.743. The van der Waals surface area contributed by atoms with Crippen molar-refractivity contribution in [1.82, 2.24) is 9.80 Å². The van der Waals surface area contributed by atoms with E-state index in [1.165, 1.54) is 28.0 Å². The molecule has 0 bridgehead atoms. The van der Waals surface area contributed by atoms with Crippen molar-refractivity contribution in [3.05, 3.63) is 86.8 Å². The highest BCUT2D eigenvalue weighted by Gasteiger charge is 2.36.